The fourth-order valence-electron chi connectivity index (χ4n) is 1.01. The lowest BCUT2D eigenvalue weighted by Crippen LogP contribution is -1.93. The quantitative estimate of drug-likeness (QED) is 0.792. The Morgan fingerprint density at radius 1 is 1.54 bits per heavy atom. The molecule has 0 fully saturated rings. The molecule has 3 nitrogen and oxygen atoms in total. The second-order valence-electron chi connectivity index (χ2n) is 2.41. The normalized spacial score (nSPS) is 10.5. The summed E-state index contributed by atoms with van der Waals surface area (Å²) in [7, 11) is 0. The molecule has 0 bridgehead atoms. The molecule has 0 aliphatic heterocycles. The molecule has 2 aromatic rings. The number of hydrogen-bond acceptors (Lipinski definition) is 3. The van der Waals surface area contributed by atoms with Gasteiger partial charge in [-0.3, -0.25) is 0 Å². The lowest BCUT2D eigenvalue weighted by Gasteiger charge is -1.87. The third-order valence-corrected chi connectivity index (χ3v) is 2.87. The number of hydrogen-bond donors (Lipinski definition) is 1. The Labute approximate surface area is 82.6 Å². The smallest absolute Gasteiger partial charge is 0.365 e. The van der Waals surface area contributed by atoms with E-state index in [1.165, 1.54) is 0 Å². The van der Waals surface area contributed by atoms with Gasteiger partial charge in [-0.25, -0.2) is 9.78 Å². The van der Waals surface area contributed by atoms with Gasteiger partial charge in [-0.1, -0.05) is 17.7 Å². The van der Waals surface area contributed by atoms with Crippen LogP contribution in [0.25, 0.3) is 10.2 Å². The van der Waals surface area contributed by atoms with E-state index in [1.807, 2.05) is 0 Å². The van der Waals surface area contributed by atoms with Crippen molar-refractivity contribution in [2.45, 2.75) is 0 Å². The van der Waals surface area contributed by atoms with Gasteiger partial charge >= 0.3 is 5.97 Å². The van der Waals surface area contributed by atoms with Gasteiger partial charge in [-0.15, -0.1) is 11.3 Å². The largest absolute Gasteiger partial charge is 0.476 e. The SMILES string of the molecule is O=C(O)c1nc2c(Cl)cccc2s1. The molecule has 1 aromatic carbocycles. The molecular formula is C8H4ClNO2S. The monoisotopic (exact) mass is 213 g/mol. The first-order valence-electron chi connectivity index (χ1n) is 3.47. The van der Waals surface area contributed by atoms with Crippen LogP contribution in [0.15, 0.2) is 18.2 Å². The summed E-state index contributed by atoms with van der Waals surface area (Å²) >= 11 is 6.95. The van der Waals surface area contributed by atoms with Gasteiger partial charge in [-0.2, -0.15) is 0 Å². The number of fused-ring (bicyclic) bond motifs is 1. The minimum absolute atomic E-state index is 0.0723. The van der Waals surface area contributed by atoms with Gasteiger partial charge in [0.05, 0.1) is 9.72 Å². The Morgan fingerprint density at radius 2 is 2.31 bits per heavy atom. The molecule has 0 spiro atoms. The van der Waals surface area contributed by atoms with E-state index < -0.39 is 5.97 Å². The average molecular weight is 214 g/mol. The molecule has 1 N–H and O–H groups in total. The van der Waals surface area contributed by atoms with Crippen molar-refractivity contribution in [1.82, 2.24) is 4.98 Å². The van der Waals surface area contributed by atoms with Gasteiger partial charge in [0.15, 0.2) is 0 Å². The highest BCUT2D eigenvalue weighted by atomic mass is 35.5. The number of thiazole rings is 1. The van der Waals surface area contributed by atoms with Crippen molar-refractivity contribution < 1.29 is 9.90 Å². The maximum Gasteiger partial charge on any atom is 0.365 e. The third kappa shape index (κ3) is 1.38. The number of carbonyl (C=O) groups is 1. The average Bonchev–Trinajstić information content (AvgIpc) is 2.49. The van der Waals surface area contributed by atoms with Gasteiger partial charge in [0.2, 0.25) is 5.01 Å². The van der Waals surface area contributed by atoms with Crippen LogP contribution in [0.1, 0.15) is 9.80 Å². The molecule has 66 valence electrons. The molecule has 2 rings (SSSR count). The first-order valence-corrected chi connectivity index (χ1v) is 4.66. The highest BCUT2D eigenvalue weighted by Crippen LogP contribution is 2.27. The highest BCUT2D eigenvalue weighted by Gasteiger charge is 2.11. The van der Waals surface area contributed by atoms with Gasteiger partial charge < -0.3 is 5.11 Å². The minimum Gasteiger partial charge on any atom is -0.476 e. The van der Waals surface area contributed by atoms with E-state index in [9.17, 15) is 4.79 Å². The molecule has 5 heteroatoms. The Balaban J connectivity index is 2.75. The lowest BCUT2D eigenvalue weighted by molar-refractivity contribution is 0.0696. The van der Waals surface area contributed by atoms with Gasteiger partial charge in [-0.05, 0) is 12.1 Å². The van der Waals surface area contributed by atoms with Crippen LogP contribution < -0.4 is 0 Å². The molecule has 1 aromatic heterocycles. The zero-order valence-electron chi connectivity index (χ0n) is 6.32. The molecule has 13 heavy (non-hydrogen) atoms. The molecule has 0 radical (unpaired) electrons. The molecule has 0 atom stereocenters. The van der Waals surface area contributed by atoms with E-state index in [4.69, 9.17) is 16.7 Å². The summed E-state index contributed by atoms with van der Waals surface area (Å²) in [6, 6.07) is 5.26. The molecule has 0 amide bonds. The first kappa shape index (κ1) is 8.47. The third-order valence-electron chi connectivity index (χ3n) is 1.55. The Hall–Kier alpha value is -1.13. The number of rotatable bonds is 1. The number of halogens is 1. The van der Waals surface area contributed by atoms with Crippen molar-refractivity contribution in [2.75, 3.05) is 0 Å². The Kier molecular flexibility index (Phi) is 1.94. The van der Waals surface area contributed by atoms with Crippen LogP contribution in [0.2, 0.25) is 5.02 Å². The van der Waals surface area contributed by atoms with Gasteiger partial charge in [0.25, 0.3) is 0 Å². The number of carboxylic acids is 1. The number of aromatic nitrogens is 1. The van der Waals surface area contributed by atoms with Crippen molar-refractivity contribution in [2.24, 2.45) is 0 Å². The van der Waals surface area contributed by atoms with E-state index in [2.05, 4.69) is 4.98 Å². The zero-order valence-corrected chi connectivity index (χ0v) is 7.89. The summed E-state index contributed by atoms with van der Waals surface area (Å²) in [6.45, 7) is 0. The maximum atomic E-state index is 10.6. The molecule has 0 saturated heterocycles. The lowest BCUT2D eigenvalue weighted by atomic mass is 10.3. The van der Waals surface area contributed by atoms with E-state index in [-0.39, 0.29) is 5.01 Å². The van der Waals surface area contributed by atoms with Crippen LogP contribution in [0, 0.1) is 0 Å². The van der Waals surface area contributed by atoms with E-state index in [1.54, 1.807) is 18.2 Å². The number of para-hydroxylation sites is 1. The van der Waals surface area contributed by atoms with Gasteiger partial charge in [0.1, 0.15) is 5.52 Å². The Morgan fingerprint density at radius 3 is 2.92 bits per heavy atom. The van der Waals surface area contributed by atoms with Crippen LogP contribution >= 0.6 is 22.9 Å². The number of carboxylic acid groups (broad SMARTS) is 1. The summed E-state index contributed by atoms with van der Waals surface area (Å²) in [5, 5.41) is 9.24. The minimum atomic E-state index is -1.02. The first-order chi connectivity index (χ1) is 6.18. The van der Waals surface area contributed by atoms with Crippen LogP contribution in [-0.4, -0.2) is 16.1 Å². The van der Waals surface area contributed by atoms with Crippen molar-refractivity contribution in [3.05, 3.63) is 28.2 Å². The van der Waals surface area contributed by atoms with Crippen molar-refractivity contribution in [3.63, 3.8) is 0 Å². The highest BCUT2D eigenvalue weighted by molar-refractivity contribution is 7.20. The van der Waals surface area contributed by atoms with Crippen LogP contribution in [0.5, 0.6) is 0 Å². The van der Waals surface area contributed by atoms with Crippen molar-refractivity contribution >= 4 is 39.1 Å². The summed E-state index contributed by atoms with van der Waals surface area (Å²) in [6.07, 6.45) is 0. The fourth-order valence-corrected chi connectivity index (χ4v) is 2.11. The molecule has 0 unspecified atom stereocenters. The van der Waals surface area contributed by atoms with Crippen LogP contribution in [0.3, 0.4) is 0 Å². The number of nitrogens with zero attached hydrogens (tertiary/aromatic N) is 1. The summed E-state index contributed by atoms with van der Waals surface area (Å²) in [4.78, 5) is 14.5. The second kappa shape index (κ2) is 2.97. The maximum absolute atomic E-state index is 10.6. The number of aromatic carboxylic acids is 1. The molecule has 1 heterocycles. The van der Waals surface area contributed by atoms with Crippen LogP contribution in [-0.2, 0) is 0 Å². The standard InChI is InChI=1S/C8H4ClNO2S/c9-4-2-1-3-5-6(4)10-7(13-5)8(11)12/h1-3H,(H,11,12). The molecule has 0 aliphatic carbocycles. The van der Waals surface area contributed by atoms with E-state index in [0.717, 1.165) is 16.0 Å². The molecule has 0 aliphatic rings. The van der Waals surface area contributed by atoms with E-state index in [0.29, 0.717) is 10.5 Å². The van der Waals surface area contributed by atoms with E-state index >= 15 is 0 Å². The summed E-state index contributed by atoms with van der Waals surface area (Å²) in [5.74, 6) is -1.02. The molecule has 0 saturated carbocycles. The van der Waals surface area contributed by atoms with Crippen molar-refractivity contribution in [1.29, 1.82) is 0 Å². The Bertz CT molecular complexity index is 480. The predicted molar refractivity (Wildman–Crippen MR) is 51.6 cm³/mol. The van der Waals surface area contributed by atoms with Gasteiger partial charge in [0, 0.05) is 0 Å². The summed E-state index contributed by atoms with van der Waals surface area (Å²) in [5.41, 5.74) is 0.562. The van der Waals surface area contributed by atoms with Crippen molar-refractivity contribution in [3.8, 4) is 0 Å². The number of benzene rings is 1. The second-order valence-corrected chi connectivity index (χ2v) is 3.85. The van der Waals surface area contributed by atoms with Crippen LogP contribution in [0.4, 0.5) is 0 Å². The fraction of sp³-hybridized carbons (Fsp3) is 0. The zero-order chi connectivity index (χ0) is 9.42. The topological polar surface area (TPSA) is 50.2 Å². The molecular weight excluding hydrogens is 210 g/mol. The predicted octanol–water partition coefficient (Wildman–Crippen LogP) is 2.65. The summed E-state index contributed by atoms with van der Waals surface area (Å²) < 4.78 is 0.796.